The van der Waals surface area contributed by atoms with Gasteiger partial charge in [0.05, 0.1) is 15.5 Å². The number of sulfonamides is 1. The first-order chi connectivity index (χ1) is 15.7. The summed E-state index contributed by atoms with van der Waals surface area (Å²) in [6, 6.07) is 17.7. The lowest BCUT2D eigenvalue weighted by atomic mass is 10.2. The van der Waals surface area contributed by atoms with Gasteiger partial charge in [0, 0.05) is 30.0 Å². The van der Waals surface area contributed by atoms with E-state index in [9.17, 15) is 18.0 Å². The molecule has 3 aromatic carbocycles. The smallest absolute Gasteiger partial charge is 0.261 e. The van der Waals surface area contributed by atoms with Crippen molar-refractivity contribution in [3.8, 4) is 0 Å². The van der Waals surface area contributed by atoms with Crippen LogP contribution in [0.5, 0.6) is 0 Å². The molecule has 7 nitrogen and oxygen atoms in total. The summed E-state index contributed by atoms with van der Waals surface area (Å²) in [4.78, 5) is 26.5. The summed E-state index contributed by atoms with van der Waals surface area (Å²) < 4.78 is 27.8. The SMILES string of the molecule is Cc1ccc(S(=O)(=O)Nc2ccc(Cl)c(C(=O)Nc3ccc(N4CCCC4=O)cc3)c2)cc1. The molecule has 0 aromatic heterocycles. The van der Waals surface area contributed by atoms with Gasteiger partial charge < -0.3 is 10.2 Å². The fourth-order valence-corrected chi connectivity index (χ4v) is 4.79. The van der Waals surface area contributed by atoms with Crippen molar-refractivity contribution in [2.45, 2.75) is 24.7 Å². The van der Waals surface area contributed by atoms with E-state index < -0.39 is 15.9 Å². The predicted molar refractivity (Wildman–Crippen MR) is 129 cm³/mol. The number of anilines is 3. The molecule has 33 heavy (non-hydrogen) atoms. The van der Waals surface area contributed by atoms with Gasteiger partial charge in [0.15, 0.2) is 0 Å². The van der Waals surface area contributed by atoms with E-state index >= 15 is 0 Å². The third-order valence-corrected chi connectivity index (χ3v) is 7.03. The van der Waals surface area contributed by atoms with Crippen molar-refractivity contribution >= 4 is 50.5 Å². The third-order valence-electron chi connectivity index (χ3n) is 5.30. The summed E-state index contributed by atoms with van der Waals surface area (Å²) in [6.45, 7) is 2.55. The van der Waals surface area contributed by atoms with E-state index in [2.05, 4.69) is 10.0 Å². The number of amides is 2. The predicted octanol–water partition coefficient (Wildman–Crippen LogP) is 4.83. The summed E-state index contributed by atoms with van der Waals surface area (Å²) in [7, 11) is -3.82. The number of benzene rings is 3. The van der Waals surface area contributed by atoms with E-state index in [1.165, 1.54) is 30.3 Å². The Hall–Kier alpha value is -3.36. The van der Waals surface area contributed by atoms with Crippen molar-refractivity contribution in [3.63, 3.8) is 0 Å². The summed E-state index contributed by atoms with van der Waals surface area (Å²) in [6.07, 6.45) is 1.38. The van der Waals surface area contributed by atoms with Gasteiger partial charge in [0.1, 0.15) is 0 Å². The second-order valence-electron chi connectivity index (χ2n) is 7.76. The molecular formula is C24H22ClN3O4S. The highest BCUT2D eigenvalue weighted by Gasteiger charge is 2.22. The van der Waals surface area contributed by atoms with Crippen LogP contribution < -0.4 is 14.9 Å². The van der Waals surface area contributed by atoms with Crippen LogP contribution in [0.15, 0.2) is 71.6 Å². The first kappa shape index (κ1) is 22.8. The molecule has 3 aromatic rings. The largest absolute Gasteiger partial charge is 0.322 e. The van der Waals surface area contributed by atoms with E-state index in [0.29, 0.717) is 18.7 Å². The van der Waals surface area contributed by atoms with Crippen LogP contribution in [0.2, 0.25) is 5.02 Å². The molecular weight excluding hydrogens is 462 g/mol. The molecule has 0 atom stereocenters. The number of nitrogens with zero attached hydrogens (tertiary/aromatic N) is 1. The fourth-order valence-electron chi connectivity index (χ4n) is 3.54. The summed E-state index contributed by atoms with van der Waals surface area (Å²) in [5.74, 6) is -0.398. The highest BCUT2D eigenvalue weighted by Crippen LogP contribution is 2.26. The average molecular weight is 484 g/mol. The van der Waals surface area contributed by atoms with Gasteiger partial charge in [-0.3, -0.25) is 14.3 Å². The van der Waals surface area contributed by atoms with Crippen LogP contribution in [0.1, 0.15) is 28.8 Å². The van der Waals surface area contributed by atoms with Gasteiger partial charge in [0.2, 0.25) is 5.91 Å². The number of rotatable bonds is 6. The zero-order valence-electron chi connectivity index (χ0n) is 17.8. The highest BCUT2D eigenvalue weighted by molar-refractivity contribution is 7.92. The summed E-state index contributed by atoms with van der Waals surface area (Å²) in [5, 5.41) is 2.94. The zero-order chi connectivity index (χ0) is 23.6. The molecule has 0 bridgehead atoms. The molecule has 4 rings (SSSR count). The summed E-state index contributed by atoms with van der Waals surface area (Å²) in [5.41, 5.74) is 2.59. The van der Waals surface area contributed by atoms with Crippen molar-refractivity contribution in [2.24, 2.45) is 0 Å². The fraction of sp³-hybridized carbons (Fsp3) is 0.167. The molecule has 0 saturated carbocycles. The number of hydrogen-bond acceptors (Lipinski definition) is 4. The minimum Gasteiger partial charge on any atom is -0.322 e. The number of hydrogen-bond donors (Lipinski definition) is 2. The molecule has 0 spiro atoms. The van der Waals surface area contributed by atoms with Crippen LogP contribution in [0.25, 0.3) is 0 Å². The van der Waals surface area contributed by atoms with E-state index in [-0.39, 0.29) is 27.1 Å². The van der Waals surface area contributed by atoms with Gasteiger partial charge >= 0.3 is 0 Å². The van der Waals surface area contributed by atoms with Crippen LogP contribution >= 0.6 is 11.6 Å². The highest BCUT2D eigenvalue weighted by atomic mass is 35.5. The Bertz CT molecular complexity index is 1310. The van der Waals surface area contributed by atoms with Gasteiger partial charge in [-0.25, -0.2) is 8.42 Å². The lowest BCUT2D eigenvalue weighted by molar-refractivity contribution is -0.117. The van der Waals surface area contributed by atoms with Gasteiger partial charge in [-0.15, -0.1) is 0 Å². The van der Waals surface area contributed by atoms with E-state index in [1.807, 2.05) is 6.92 Å². The van der Waals surface area contributed by atoms with E-state index in [1.54, 1.807) is 41.3 Å². The van der Waals surface area contributed by atoms with Crippen LogP contribution in [0.3, 0.4) is 0 Å². The molecule has 2 N–H and O–H groups in total. The molecule has 9 heteroatoms. The Kier molecular flexibility index (Phi) is 6.40. The monoisotopic (exact) mass is 483 g/mol. The molecule has 0 unspecified atom stereocenters. The Labute approximate surface area is 197 Å². The third kappa shape index (κ3) is 5.18. The van der Waals surface area contributed by atoms with Crippen LogP contribution in [-0.2, 0) is 14.8 Å². The lowest BCUT2D eigenvalue weighted by Gasteiger charge is -2.16. The van der Waals surface area contributed by atoms with Crippen LogP contribution in [-0.4, -0.2) is 26.8 Å². The normalized spacial score (nSPS) is 13.8. The van der Waals surface area contributed by atoms with Gasteiger partial charge in [-0.1, -0.05) is 29.3 Å². The number of carbonyl (C=O) groups excluding carboxylic acids is 2. The molecule has 1 fully saturated rings. The Morgan fingerprint density at radius 3 is 2.27 bits per heavy atom. The van der Waals surface area contributed by atoms with Crippen molar-refractivity contribution in [1.29, 1.82) is 0 Å². The second kappa shape index (κ2) is 9.25. The number of carbonyl (C=O) groups is 2. The first-order valence-electron chi connectivity index (χ1n) is 10.3. The molecule has 170 valence electrons. The topological polar surface area (TPSA) is 95.6 Å². The van der Waals surface area contributed by atoms with Crippen molar-refractivity contribution in [3.05, 3.63) is 82.9 Å². The molecule has 1 aliphatic heterocycles. The van der Waals surface area contributed by atoms with Crippen LogP contribution in [0, 0.1) is 6.92 Å². The Morgan fingerprint density at radius 2 is 1.64 bits per heavy atom. The maximum atomic E-state index is 12.8. The average Bonchev–Trinajstić information content (AvgIpc) is 3.21. The lowest BCUT2D eigenvalue weighted by Crippen LogP contribution is -2.23. The number of aryl methyl sites for hydroxylation is 1. The quantitative estimate of drug-likeness (QED) is 0.525. The molecule has 2 amide bonds. The van der Waals surface area contributed by atoms with Crippen LogP contribution in [0.4, 0.5) is 17.1 Å². The Morgan fingerprint density at radius 1 is 0.970 bits per heavy atom. The molecule has 1 heterocycles. The number of halogens is 1. The minimum absolute atomic E-state index is 0.0865. The molecule has 1 aliphatic rings. The maximum absolute atomic E-state index is 12.8. The molecule has 1 saturated heterocycles. The number of nitrogens with one attached hydrogen (secondary N) is 2. The molecule has 0 aliphatic carbocycles. The van der Waals surface area contributed by atoms with Gasteiger partial charge in [0.25, 0.3) is 15.9 Å². The van der Waals surface area contributed by atoms with Crippen molar-refractivity contribution < 1.29 is 18.0 Å². The van der Waals surface area contributed by atoms with E-state index in [0.717, 1.165) is 17.7 Å². The standard InChI is InChI=1S/C24H22ClN3O4S/c1-16-4-11-20(12-5-16)33(31,32)27-18-8-13-22(25)21(15-18)24(30)26-17-6-9-19(10-7-17)28-14-2-3-23(28)29/h4-13,15,27H,2-3,14H2,1H3,(H,26,30). The minimum atomic E-state index is -3.82. The second-order valence-corrected chi connectivity index (χ2v) is 9.85. The van der Waals surface area contributed by atoms with Gasteiger partial charge in [-0.2, -0.15) is 0 Å². The maximum Gasteiger partial charge on any atom is 0.261 e. The summed E-state index contributed by atoms with van der Waals surface area (Å²) >= 11 is 6.21. The van der Waals surface area contributed by atoms with E-state index in [4.69, 9.17) is 11.6 Å². The van der Waals surface area contributed by atoms with Gasteiger partial charge in [-0.05, 0) is 67.9 Å². The first-order valence-corrected chi connectivity index (χ1v) is 12.2. The molecule has 0 radical (unpaired) electrons. The van der Waals surface area contributed by atoms with Crippen molar-refractivity contribution in [2.75, 3.05) is 21.5 Å². The Balaban J connectivity index is 1.49. The zero-order valence-corrected chi connectivity index (χ0v) is 19.4. The van der Waals surface area contributed by atoms with Crippen molar-refractivity contribution in [1.82, 2.24) is 0 Å².